The molecular formula is C20H32ClNO3. The summed E-state index contributed by atoms with van der Waals surface area (Å²) in [5.41, 5.74) is 0. The third-order valence-electron chi connectivity index (χ3n) is 5.00. The average molecular weight is 370 g/mol. The van der Waals surface area contributed by atoms with Crippen molar-refractivity contribution in [3.05, 3.63) is 23.2 Å². The van der Waals surface area contributed by atoms with Gasteiger partial charge < -0.3 is 19.1 Å². The Morgan fingerprint density at radius 3 is 2.68 bits per heavy atom. The molecule has 25 heavy (non-hydrogen) atoms. The van der Waals surface area contributed by atoms with Crippen LogP contribution in [0.1, 0.15) is 39.0 Å². The maximum Gasteiger partial charge on any atom is 0.124 e. The summed E-state index contributed by atoms with van der Waals surface area (Å²) in [7, 11) is 3.46. The van der Waals surface area contributed by atoms with Crippen LogP contribution in [0.3, 0.4) is 0 Å². The highest BCUT2D eigenvalue weighted by atomic mass is 35.5. The summed E-state index contributed by atoms with van der Waals surface area (Å²) >= 11 is 6.08. The van der Waals surface area contributed by atoms with Gasteiger partial charge in [-0.05, 0) is 50.4 Å². The minimum Gasteiger partial charge on any atom is -0.497 e. The quantitative estimate of drug-likeness (QED) is 0.562. The number of methoxy groups -OCH3 is 2. The minimum absolute atomic E-state index is 0.299. The number of nitrogens with zero attached hydrogens (tertiary/aromatic N) is 1. The lowest BCUT2D eigenvalue weighted by Gasteiger charge is -2.37. The van der Waals surface area contributed by atoms with Crippen molar-refractivity contribution >= 4 is 11.6 Å². The summed E-state index contributed by atoms with van der Waals surface area (Å²) in [6.45, 7) is 6.32. The van der Waals surface area contributed by atoms with E-state index in [9.17, 15) is 0 Å². The molecule has 0 N–H and O–H groups in total. The number of rotatable bonds is 10. The topological polar surface area (TPSA) is 30.9 Å². The van der Waals surface area contributed by atoms with E-state index in [2.05, 4.69) is 11.8 Å². The van der Waals surface area contributed by atoms with Gasteiger partial charge in [0.1, 0.15) is 11.5 Å². The molecule has 1 aliphatic heterocycles. The third-order valence-corrected chi connectivity index (χ3v) is 5.22. The Balaban J connectivity index is 1.77. The Kier molecular flexibility index (Phi) is 8.87. The minimum atomic E-state index is 0.299. The van der Waals surface area contributed by atoms with Crippen LogP contribution < -0.4 is 9.47 Å². The van der Waals surface area contributed by atoms with E-state index in [4.69, 9.17) is 25.8 Å². The molecule has 1 saturated heterocycles. The monoisotopic (exact) mass is 369 g/mol. The van der Waals surface area contributed by atoms with Crippen molar-refractivity contribution in [2.75, 3.05) is 40.5 Å². The Hall–Kier alpha value is -0.970. The molecule has 0 bridgehead atoms. The summed E-state index contributed by atoms with van der Waals surface area (Å²) < 4.78 is 16.9. The molecule has 142 valence electrons. The highest BCUT2D eigenvalue weighted by Crippen LogP contribution is 2.27. The van der Waals surface area contributed by atoms with Crippen LogP contribution in [-0.4, -0.2) is 51.5 Å². The van der Waals surface area contributed by atoms with Crippen molar-refractivity contribution in [2.45, 2.75) is 45.1 Å². The molecule has 0 aliphatic carbocycles. The summed E-state index contributed by atoms with van der Waals surface area (Å²) in [4.78, 5) is 2.54. The van der Waals surface area contributed by atoms with E-state index >= 15 is 0 Å². The number of halogens is 1. The Bertz CT molecular complexity index is 512. The summed E-state index contributed by atoms with van der Waals surface area (Å²) in [6, 6.07) is 5.48. The lowest BCUT2D eigenvalue weighted by Crippen LogP contribution is -2.45. The van der Waals surface area contributed by atoms with E-state index in [0.717, 1.165) is 24.5 Å². The fourth-order valence-corrected chi connectivity index (χ4v) is 3.70. The van der Waals surface area contributed by atoms with Crippen LogP contribution in [0.5, 0.6) is 11.5 Å². The van der Waals surface area contributed by atoms with Gasteiger partial charge in [-0.2, -0.15) is 0 Å². The first kappa shape index (κ1) is 20.3. The van der Waals surface area contributed by atoms with Gasteiger partial charge in [0.15, 0.2) is 0 Å². The number of hydrogen-bond acceptors (Lipinski definition) is 4. The van der Waals surface area contributed by atoms with Crippen molar-refractivity contribution in [1.29, 1.82) is 0 Å². The molecule has 2 atom stereocenters. The van der Waals surface area contributed by atoms with Gasteiger partial charge in [0.25, 0.3) is 0 Å². The molecule has 4 nitrogen and oxygen atoms in total. The molecule has 0 amide bonds. The first-order valence-electron chi connectivity index (χ1n) is 9.38. The van der Waals surface area contributed by atoms with Gasteiger partial charge in [-0.25, -0.2) is 0 Å². The van der Waals surface area contributed by atoms with Gasteiger partial charge in [-0.1, -0.05) is 31.4 Å². The first-order valence-corrected chi connectivity index (χ1v) is 9.76. The molecule has 0 spiro atoms. The van der Waals surface area contributed by atoms with Gasteiger partial charge in [-0.3, -0.25) is 0 Å². The van der Waals surface area contributed by atoms with Crippen molar-refractivity contribution < 1.29 is 14.2 Å². The fraction of sp³-hybridized carbons (Fsp3) is 0.700. The SMILES string of the molecule is CCCCCN1CC[C@H](CCOc2cc(Cl)cc(OC)c2)[C@H](OC)C1. The molecule has 0 saturated carbocycles. The lowest BCUT2D eigenvalue weighted by atomic mass is 9.91. The lowest BCUT2D eigenvalue weighted by molar-refractivity contribution is -0.0180. The van der Waals surface area contributed by atoms with Gasteiger partial charge in [0.2, 0.25) is 0 Å². The molecule has 0 aromatic heterocycles. The van der Waals surface area contributed by atoms with Crippen LogP contribution in [0.15, 0.2) is 18.2 Å². The second-order valence-electron chi connectivity index (χ2n) is 6.79. The highest BCUT2D eigenvalue weighted by Gasteiger charge is 2.28. The standard InChI is InChI=1S/C20H32ClNO3/c1-4-5-6-9-22-10-7-16(20(15-22)24-3)8-11-25-19-13-17(21)12-18(14-19)23-2/h12-14,16,20H,4-11,15H2,1-3H3/t16-,20-/m1/s1. The number of piperidine rings is 1. The highest BCUT2D eigenvalue weighted by molar-refractivity contribution is 6.30. The van der Waals surface area contributed by atoms with Crippen LogP contribution in [0.2, 0.25) is 5.02 Å². The predicted molar refractivity (Wildman–Crippen MR) is 103 cm³/mol. The molecule has 2 rings (SSSR count). The Labute approximate surface area is 157 Å². The van der Waals surface area contributed by atoms with Gasteiger partial charge in [-0.15, -0.1) is 0 Å². The number of unbranched alkanes of at least 4 members (excludes halogenated alkanes) is 2. The molecule has 0 unspecified atom stereocenters. The summed E-state index contributed by atoms with van der Waals surface area (Å²) in [6.07, 6.45) is 6.35. The van der Waals surface area contributed by atoms with Crippen molar-refractivity contribution in [1.82, 2.24) is 4.90 Å². The number of benzene rings is 1. The smallest absolute Gasteiger partial charge is 0.124 e. The van der Waals surface area contributed by atoms with Crippen LogP contribution in [0, 0.1) is 5.92 Å². The zero-order valence-corrected chi connectivity index (χ0v) is 16.6. The van der Waals surface area contributed by atoms with Crippen molar-refractivity contribution in [2.24, 2.45) is 5.92 Å². The molecule has 1 aromatic carbocycles. The molecule has 1 heterocycles. The number of likely N-dealkylation sites (tertiary alicyclic amines) is 1. The zero-order valence-electron chi connectivity index (χ0n) is 15.8. The molecule has 5 heteroatoms. The maximum absolute atomic E-state index is 6.08. The molecular weight excluding hydrogens is 338 g/mol. The molecule has 1 aliphatic rings. The molecule has 1 fully saturated rings. The number of hydrogen-bond donors (Lipinski definition) is 0. The number of ether oxygens (including phenoxy) is 3. The van der Waals surface area contributed by atoms with Crippen LogP contribution in [0.25, 0.3) is 0 Å². The second kappa shape index (κ2) is 10.9. The molecule has 0 radical (unpaired) electrons. The van der Waals surface area contributed by atoms with E-state index in [-0.39, 0.29) is 0 Å². The summed E-state index contributed by atoms with van der Waals surface area (Å²) in [5.74, 6) is 2.03. The van der Waals surface area contributed by atoms with E-state index in [0.29, 0.717) is 23.7 Å². The van der Waals surface area contributed by atoms with Crippen molar-refractivity contribution in [3.63, 3.8) is 0 Å². The van der Waals surface area contributed by atoms with Crippen LogP contribution in [-0.2, 0) is 4.74 Å². The maximum atomic E-state index is 6.08. The van der Waals surface area contributed by atoms with Gasteiger partial charge in [0, 0.05) is 24.7 Å². The normalized spacial score (nSPS) is 21.3. The average Bonchev–Trinajstić information content (AvgIpc) is 2.62. The third kappa shape index (κ3) is 6.69. The van der Waals surface area contributed by atoms with E-state index < -0.39 is 0 Å². The molecule has 1 aromatic rings. The Morgan fingerprint density at radius 2 is 1.96 bits per heavy atom. The van der Waals surface area contributed by atoms with Crippen LogP contribution >= 0.6 is 11.6 Å². The largest absolute Gasteiger partial charge is 0.497 e. The van der Waals surface area contributed by atoms with Gasteiger partial charge >= 0.3 is 0 Å². The van der Waals surface area contributed by atoms with E-state index in [1.165, 1.54) is 38.8 Å². The van der Waals surface area contributed by atoms with Gasteiger partial charge in [0.05, 0.1) is 19.8 Å². The second-order valence-corrected chi connectivity index (χ2v) is 7.23. The zero-order chi connectivity index (χ0) is 18.1. The first-order chi connectivity index (χ1) is 12.2. The fourth-order valence-electron chi connectivity index (χ4n) is 3.48. The summed E-state index contributed by atoms with van der Waals surface area (Å²) in [5, 5.41) is 0.629. The van der Waals surface area contributed by atoms with Crippen molar-refractivity contribution in [3.8, 4) is 11.5 Å². The Morgan fingerprint density at radius 1 is 1.16 bits per heavy atom. The van der Waals surface area contributed by atoms with E-state index in [1.54, 1.807) is 13.2 Å². The van der Waals surface area contributed by atoms with Crippen LogP contribution in [0.4, 0.5) is 0 Å². The van der Waals surface area contributed by atoms with E-state index in [1.807, 2.05) is 19.2 Å². The predicted octanol–water partition coefficient (Wildman–Crippen LogP) is 4.64.